The molecule has 0 bridgehead atoms. The Balaban J connectivity index is 1.35. The van der Waals surface area contributed by atoms with Crippen molar-refractivity contribution in [2.45, 2.75) is 18.9 Å². The molecule has 1 saturated heterocycles. The van der Waals surface area contributed by atoms with Crippen LogP contribution in [-0.4, -0.2) is 59.8 Å². The van der Waals surface area contributed by atoms with Gasteiger partial charge in [0.2, 0.25) is 5.91 Å². The fourth-order valence-corrected chi connectivity index (χ4v) is 6.12. The van der Waals surface area contributed by atoms with E-state index in [0.717, 1.165) is 40.8 Å². The van der Waals surface area contributed by atoms with Crippen LogP contribution in [0.1, 0.15) is 39.0 Å². The summed E-state index contributed by atoms with van der Waals surface area (Å²) in [7, 11) is 1.81. The lowest BCUT2D eigenvalue weighted by Crippen LogP contribution is -2.53. The van der Waals surface area contributed by atoms with Gasteiger partial charge < -0.3 is 19.7 Å². The zero-order chi connectivity index (χ0) is 25.7. The molecular formula is C30H29ClN4O2. The number of carbonyl (C=O) groups is 2. The van der Waals surface area contributed by atoms with Crippen LogP contribution >= 0.6 is 11.6 Å². The van der Waals surface area contributed by atoms with Gasteiger partial charge in [-0.3, -0.25) is 9.59 Å². The molecule has 3 aromatic carbocycles. The highest BCUT2D eigenvalue weighted by atomic mass is 35.5. The molecule has 2 aliphatic rings. The van der Waals surface area contributed by atoms with Crippen LogP contribution in [0, 0.1) is 6.92 Å². The molecule has 37 heavy (non-hydrogen) atoms. The molecule has 7 heteroatoms. The van der Waals surface area contributed by atoms with E-state index in [2.05, 4.69) is 16.8 Å². The molecule has 1 N–H and O–H groups in total. The van der Waals surface area contributed by atoms with Gasteiger partial charge in [-0.05, 0) is 42.3 Å². The first-order valence-corrected chi connectivity index (χ1v) is 13.0. The van der Waals surface area contributed by atoms with Crippen molar-refractivity contribution in [3.05, 3.63) is 100 Å². The maximum absolute atomic E-state index is 14.3. The number of halogens is 1. The van der Waals surface area contributed by atoms with Crippen LogP contribution in [0.4, 0.5) is 5.69 Å². The maximum atomic E-state index is 14.3. The second-order valence-corrected chi connectivity index (χ2v) is 10.4. The number of H-pyrrole nitrogens is 1. The highest BCUT2D eigenvalue weighted by Gasteiger charge is 2.45. The first-order valence-electron chi connectivity index (χ1n) is 12.7. The molecule has 188 valence electrons. The van der Waals surface area contributed by atoms with Crippen molar-refractivity contribution in [2.75, 3.05) is 38.1 Å². The highest BCUT2D eigenvalue weighted by molar-refractivity contribution is 6.30. The summed E-state index contributed by atoms with van der Waals surface area (Å²) in [5.74, 6) is -0.488. The minimum absolute atomic E-state index is 0.0591. The fourth-order valence-electron chi connectivity index (χ4n) is 5.96. The van der Waals surface area contributed by atoms with Crippen molar-refractivity contribution < 1.29 is 9.59 Å². The number of amides is 2. The van der Waals surface area contributed by atoms with E-state index in [9.17, 15) is 9.59 Å². The van der Waals surface area contributed by atoms with Crippen LogP contribution < -0.4 is 4.90 Å². The molecular weight excluding hydrogens is 484 g/mol. The van der Waals surface area contributed by atoms with Crippen molar-refractivity contribution in [3.63, 3.8) is 0 Å². The smallest absolute Gasteiger partial charge is 0.254 e. The average Bonchev–Trinajstić information content (AvgIpc) is 3.35. The number of carbonyl (C=O) groups excluding carboxylic acids is 2. The van der Waals surface area contributed by atoms with E-state index >= 15 is 0 Å². The summed E-state index contributed by atoms with van der Waals surface area (Å²) in [5.41, 5.74) is 5.66. The molecule has 1 fully saturated rings. The number of nitrogens with zero attached hydrogens (tertiary/aromatic N) is 3. The van der Waals surface area contributed by atoms with Gasteiger partial charge in [0.15, 0.2) is 0 Å². The number of rotatable bonds is 3. The van der Waals surface area contributed by atoms with Crippen molar-refractivity contribution in [1.82, 2.24) is 14.8 Å². The number of para-hydroxylation sites is 1. The molecule has 3 heterocycles. The Morgan fingerprint density at radius 2 is 1.68 bits per heavy atom. The number of benzene rings is 3. The van der Waals surface area contributed by atoms with Crippen LogP contribution in [-0.2, 0) is 4.79 Å². The van der Waals surface area contributed by atoms with E-state index in [1.165, 1.54) is 5.56 Å². The number of hydrogen-bond donors (Lipinski definition) is 1. The number of anilines is 1. The Kier molecular flexibility index (Phi) is 5.92. The highest BCUT2D eigenvalue weighted by Crippen LogP contribution is 2.45. The number of aromatic amines is 1. The van der Waals surface area contributed by atoms with Crippen LogP contribution in [0.3, 0.4) is 0 Å². The quantitative estimate of drug-likeness (QED) is 0.400. The van der Waals surface area contributed by atoms with Gasteiger partial charge in [0.25, 0.3) is 5.91 Å². The average molecular weight is 513 g/mol. The molecule has 0 radical (unpaired) electrons. The Hall–Kier alpha value is -3.77. The minimum atomic E-state index is -0.488. The number of likely N-dealkylation sites (N-methyl/N-ethyl adjacent to an activating group) is 1. The molecule has 2 aliphatic heterocycles. The molecule has 4 aromatic rings. The molecule has 0 spiro atoms. The number of hydrogen-bond acceptors (Lipinski definition) is 3. The maximum Gasteiger partial charge on any atom is 0.254 e. The van der Waals surface area contributed by atoms with Gasteiger partial charge in [-0.15, -0.1) is 0 Å². The molecule has 6 rings (SSSR count). The Labute approximate surface area is 221 Å². The molecule has 1 aromatic heterocycles. The van der Waals surface area contributed by atoms with Crippen LogP contribution in [0.15, 0.2) is 72.9 Å². The van der Waals surface area contributed by atoms with Crippen molar-refractivity contribution in [3.8, 4) is 0 Å². The van der Waals surface area contributed by atoms with Gasteiger partial charge in [0.1, 0.15) is 0 Å². The Bertz CT molecular complexity index is 1500. The largest absolute Gasteiger partial charge is 0.368 e. The Morgan fingerprint density at radius 3 is 2.49 bits per heavy atom. The third-order valence-electron chi connectivity index (χ3n) is 7.89. The summed E-state index contributed by atoms with van der Waals surface area (Å²) in [4.78, 5) is 37.1. The lowest BCUT2D eigenvalue weighted by molar-refractivity contribution is -0.134. The van der Waals surface area contributed by atoms with E-state index in [-0.39, 0.29) is 11.8 Å². The standard InChI is InChI=1S/C30H29ClN4O2/c1-19-11-12-20(31)17-26(19)34-13-15-35(16-14-34)30(37)27-22-8-3-4-9-23(22)29(36)33(2)28(27)24-18-32-25-10-6-5-7-21(24)25/h3-12,17-18,27-28,32H,13-16H2,1-2H3. The molecule has 0 aliphatic carbocycles. The van der Waals surface area contributed by atoms with E-state index in [1.807, 2.05) is 84.9 Å². The van der Waals surface area contributed by atoms with Gasteiger partial charge >= 0.3 is 0 Å². The van der Waals surface area contributed by atoms with Crippen molar-refractivity contribution in [1.29, 1.82) is 0 Å². The van der Waals surface area contributed by atoms with Gasteiger partial charge in [0, 0.05) is 72.2 Å². The van der Waals surface area contributed by atoms with E-state index in [4.69, 9.17) is 11.6 Å². The van der Waals surface area contributed by atoms with Gasteiger partial charge in [-0.1, -0.05) is 54.1 Å². The summed E-state index contributed by atoms with van der Waals surface area (Å²) < 4.78 is 0. The van der Waals surface area contributed by atoms with Crippen LogP contribution in [0.5, 0.6) is 0 Å². The number of aryl methyl sites for hydroxylation is 1. The Morgan fingerprint density at radius 1 is 0.946 bits per heavy atom. The normalized spacial score (nSPS) is 19.9. The number of aromatic nitrogens is 1. The third-order valence-corrected chi connectivity index (χ3v) is 8.12. The van der Waals surface area contributed by atoms with Crippen molar-refractivity contribution >= 4 is 40.0 Å². The predicted molar refractivity (Wildman–Crippen MR) is 147 cm³/mol. The van der Waals surface area contributed by atoms with E-state index in [1.54, 1.807) is 4.90 Å². The second kappa shape index (κ2) is 9.27. The van der Waals surface area contributed by atoms with Crippen LogP contribution in [0.2, 0.25) is 5.02 Å². The fraction of sp³-hybridized carbons (Fsp3) is 0.267. The summed E-state index contributed by atoms with van der Waals surface area (Å²) >= 11 is 6.27. The molecule has 2 amide bonds. The monoisotopic (exact) mass is 512 g/mol. The molecule has 2 atom stereocenters. The third kappa shape index (κ3) is 3.96. The summed E-state index contributed by atoms with van der Waals surface area (Å²) in [6.45, 7) is 4.77. The topological polar surface area (TPSA) is 59.7 Å². The lowest BCUT2D eigenvalue weighted by Gasteiger charge is -2.43. The number of nitrogens with one attached hydrogen (secondary N) is 1. The van der Waals surface area contributed by atoms with Crippen molar-refractivity contribution in [2.24, 2.45) is 0 Å². The predicted octanol–water partition coefficient (Wildman–Crippen LogP) is 5.39. The SMILES string of the molecule is Cc1ccc(Cl)cc1N1CCN(C(=O)C2c3ccccc3C(=O)N(C)C2c2c[nH]c3ccccc23)CC1. The number of piperazine rings is 1. The molecule has 2 unspecified atom stereocenters. The van der Waals surface area contributed by atoms with Gasteiger partial charge in [-0.2, -0.15) is 0 Å². The first-order chi connectivity index (χ1) is 17.9. The first kappa shape index (κ1) is 23.6. The molecule has 6 nitrogen and oxygen atoms in total. The molecule has 0 saturated carbocycles. The zero-order valence-electron chi connectivity index (χ0n) is 20.9. The summed E-state index contributed by atoms with van der Waals surface area (Å²) in [6.07, 6.45) is 1.95. The minimum Gasteiger partial charge on any atom is -0.368 e. The van der Waals surface area contributed by atoms with Gasteiger partial charge in [0.05, 0.1) is 12.0 Å². The van der Waals surface area contributed by atoms with E-state index < -0.39 is 12.0 Å². The lowest BCUT2D eigenvalue weighted by atomic mass is 9.79. The van der Waals surface area contributed by atoms with E-state index in [0.29, 0.717) is 23.7 Å². The second-order valence-electron chi connectivity index (χ2n) is 9.96. The summed E-state index contributed by atoms with van der Waals surface area (Å²) in [6, 6.07) is 21.1. The number of fused-ring (bicyclic) bond motifs is 2. The van der Waals surface area contributed by atoms with Gasteiger partial charge in [-0.25, -0.2) is 0 Å². The summed E-state index contributed by atoms with van der Waals surface area (Å²) in [5, 5.41) is 1.75. The zero-order valence-corrected chi connectivity index (χ0v) is 21.7. The van der Waals surface area contributed by atoms with Crippen LogP contribution in [0.25, 0.3) is 10.9 Å².